The normalized spacial score (nSPS) is 20.2. The molecular formula is C21H19N5O3. The fraction of sp³-hybridized carbons (Fsp3) is 0.286. The Labute approximate surface area is 166 Å². The monoisotopic (exact) mass is 389 g/mol. The van der Waals surface area contributed by atoms with Gasteiger partial charge in [-0.2, -0.15) is 0 Å². The first-order chi connectivity index (χ1) is 14.1. The van der Waals surface area contributed by atoms with Gasteiger partial charge < -0.3 is 14.6 Å². The van der Waals surface area contributed by atoms with Crippen molar-refractivity contribution in [3.8, 4) is 11.4 Å². The Morgan fingerprint density at radius 3 is 2.76 bits per heavy atom. The Morgan fingerprint density at radius 2 is 1.90 bits per heavy atom. The number of rotatable bonds is 3. The summed E-state index contributed by atoms with van der Waals surface area (Å²) in [6.07, 6.45) is 4.21. The molecule has 3 aromatic rings. The van der Waals surface area contributed by atoms with E-state index in [1.165, 1.54) is 18.3 Å². The van der Waals surface area contributed by atoms with E-state index in [-0.39, 0.29) is 17.0 Å². The second kappa shape index (κ2) is 6.80. The summed E-state index contributed by atoms with van der Waals surface area (Å²) in [6, 6.07) is 10.2. The first-order valence-corrected chi connectivity index (χ1v) is 9.56. The van der Waals surface area contributed by atoms with E-state index < -0.39 is 5.97 Å². The summed E-state index contributed by atoms with van der Waals surface area (Å²) in [4.78, 5) is 39.0. The van der Waals surface area contributed by atoms with Crippen LogP contribution in [0.5, 0.6) is 0 Å². The fourth-order valence-electron chi connectivity index (χ4n) is 4.41. The molecule has 2 unspecified atom stereocenters. The molecule has 0 spiro atoms. The van der Waals surface area contributed by atoms with E-state index in [2.05, 4.69) is 19.9 Å². The molecule has 146 valence electrons. The van der Waals surface area contributed by atoms with Crippen molar-refractivity contribution in [1.82, 2.24) is 19.5 Å². The van der Waals surface area contributed by atoms with Gasteiger partial charge in [0.2, 0.25) is 5.95 Å². The van der Waals surface area contributed by atoms with Crippen LogP contribution in [0.3, 0.4) is 0 Å². The topological polar surface area (TPSA) is 101 Å². The van der Waals surface area contributed by atoms with Gasteiger partial charge >= 0.3 is 5.97 Å². The second-order valence-corrected chi connectivity index (χ2v) is 7.58. The van der Waals surface area contributed by atoms with E-state index in [1.54, 1.807) is 18.3 Å². The molecule has 8 heteroatoms. The predicted octanol–water partition coefficient (Wildman–Crippen LogP) is 2.02. The Balaban J connectivity index is 1.46. The Kier molecular flexibility index (Phi) is 4.12. The molecule has 2 bridgehead atoms. The molecule has 3 aromatic heterocycles. The zero-order chi connectivity index (χ0) is 20.0. The zero-order valence-electron chi connectivity index (χ0n) is 15.6. The number of carboxylic acids is 1. The minimum atomic E-state index is -0.999. The third-order valence-electron chi connectivity index (χ3n) is 5.67. The number of pyridine rings is 2. The summed E-state index contributed by atoms with van der Waals surface area (Å²) < 4.78 is 1.90. The molecule has 5 rings (SSSR count). The molecule has 1 fully saturated rings. The van der Waals surface area contributed by atoms with Gasteiger partial charge in [0, 0.05) is 49.7 Å². The van der Waals surface area contributed by atoms with Gasteiger partial charge in [0.15, 0.2) is 0 Å². The maximum atomic E-state index is 12.2. The van der Waals surface area contributed by atoms with Gasteiger partial charge in [0.05, 0.1) is 17.0 Å². The van der Waals surface area contributed by atoms with Crippen molar-refractivity contribution in [1.29, 1.82) is 0 Å². The number of hydrogen-bond donors (Lipinski definition) is 1. The number of hydrogen-bond acceptors (Lipinski definition) is 6. The number of piperidine rings is 1. The third-order valence-corrected chi connectivity index (χ3v) is 5.67. The summed E-state index contributed by atoms with van der Waals surface area (Å²) in [7, 11) is 0. The van der Waals surface area contributed by atoms with Gasteiger partial charge in [0.25, 0.3) is 5.56 Å². The minimum Gasteiger partial charge on any atom is -0.478 e. The highest BCUT2D eigenvalue weighted by molar-refractivity contribution is 5.88. The van der Waals surface area contributed by atoms with Crippen LogP contribution in [-0.4, -0.2) is 43.7 Å². The van der Waals surface area contributed by atoms with Crippen LogP contribution in [0.2, 0.25) is 0 Å². The molecular weight excluding hydrogens is 370 g/mol. The first kappa shape index (κ1) is 17.5. The van der Waals surface area contributed by atoms with E-state index in [9.17, 15) is 14.7 Å². The highest BCUT2D eigenvalue weighted by Gasteiger charge is 2.35. The third kappa shape index (κ3) is 3.16. The molecule has 29 heavy (non-hydrogen) atoms. The molecule has 8 nitrogen and oxygen atoms in total. The fourth-order valence-corrected chi connectivity index (χ4v) is 4.41. The highest BCUT2D eigenvalue weighted by Crippen LogP contribution is 2.36. The molecule has 1 N–H and O–H groups in total. The number of carbonyl (C=O) groups is 1. The largest absolute Gasteiger partial charge is 0.478 e. The molecule has 0 amide bonds. The molecule has 0 saturated carbocycles. The van der Waals surface area contributed by atoms with Crippen LogP contribution < -0.4 is 10.5 Å². The van der Waals surface area contributed by atoms with Crippen LogP contribution in [0.25, 0.3) is 11.4 Å². The van der Waals surface area contributed by atoms with Gasteiger partial charge in [-0.15, -0.1) is 0 Å². The standard InChI is InChI=1S/C21H19N5O3/c27-19-3-1-2-18-15-8-13(11-26(18)19)10-25(12-15)21-23-7-5-16(24-21)17-9-14(20(28)29)4-6-22-17/h1-7,9,13,15H,8,10-12H2,(H,28,29). The quantitative estimate of drug-likeness (QED) is 0.731. The summed E-state index contributed by atoms with van der Waals surface area (Å²) >= 11 is 0. The van der Waals surface area contributed by atoms with Crippen LogP contribution in [0.1, 0.15) is 28.4 Å². The molecule has 0 aliphatic carbocycles. The molecule has 2 aliphatic heterocycles. The number of aromatic nitrogens is 4. The number of aromatic carboxylic acids is 1. The predicted molar refractivity (Wildman–Crippen MR) is 106 cm³/mol. The Bertz CT molecular complexity index is 1160. The number of nitrogens with zero attached hydrogens (tertiary/aromatic N) is 5. The lowest BCUT2D eigenvalue weighted by Crippen LogP contribution is -2.47. The van der Waals surface area contributed by atoms with Gasteiger partial charge in [-0.05, 0) is 36.6 Å². The van der Waals surface area contributed by atoms with Crippen LogP contribution >= 0.6 is 0 Å². The lowest BCUT2D eigenvalue weighted by atomic mass is 9.83. The van der Waals surface area contributed by atoms with Gasteiger partial charge in [-0.25, -0.2) is 14.8 Å². The smallest absolute Gasteiger partial charge is 0.335 e. The van der Waals surface area contributed by atoms with E-state index in [0.717, 1.165) is 25.2 Å². The van der Waals surface area contributed by atoms with Crippen LogP contribution in [0.15, 0.2) is 53.6 Å². The lowest BCUT2D eigenvalue weighted by molar-refractivity contribution is 0.0697. The molecule has 2 aliphatic rings. The summed E-state index contributed by atoms with van der Waals surface area (Å²) in [6.45, 7) is 2.24. The first-order valence-electron chi connectivity index (χ1n) is 9.56. The van der Waals surface area contributed by atoms with E-state index in [1.807, 2.05) is 16.7 Å². The summed E-state index contributed by atoms with van der Waals surface area (Å²) in [5, 5.41) is 9.21. The van der Waals surface area contributed by atoms with Crippen molar-refractivity contribution < 1.29 is 9.90 Å². The average Bonchev–Trinajstić information content (AvgIpc) is 2.74. The van der Waals surface area contributed by atoms with Gasteiger partial charge in [-0.1, -0.05) is 6.07 Å². The van der Waals surface area contributed by atoms with Crippen LogP contribution in [-0.2, 0) is 6.54 Å². The maximum Gasteiger partial charge on any atom is 0.335 e. The van der Waals surface area contributed by atoms with Crippen molar-refractivity contribution in [2.75, 3.05) is 18.0 Å². The lowest BCUT2D eigenvalue weighted by Gasteiger charge is -2.42. The molecule has 2 atom stereocenters. The van der Waals surface area contributed by atoms with Crippen LogP contribution in [0.4, 0.5) is 5.95 Å². The molecule has 0 aromatic carbocycles. The van der Waals surface area contributed by atoms with Crippen molar-refractivity contribution in [2.24, 2.45) is 5.92 Å². The number of anilines is 1. The van der Waals surface area contributed by atoms with Crippen molar-refractivity contribution >= 4 is 11.9 Å². The number of fused-ring (bicyclic) bond motifs is 4. The van der Waals surface area contributed by atoms with Gasteiger partial charge in [-0.3, -0.25) is 9.78 Å². The van der Waals surface area contributed by atoms with Crippen molar-refractivity contribution in [2.45, 2.75) is 18.9 Å². The summed E-state index contributed by atoms with van der Waals surface area (Å²) in [5.41, 5.74) is 2.40. The average molecular weight is 389 g/mol. The highest BCUT2D eigenvalue weighted by atomic mass is 16.4. The maximum absolute atomic E-state index is 12.2. The van der Waals surface area contributed by atoms with Gasteiger partial charge in [0.1, 0.15) is 0 Å². The molecule has 0 radical (unpaired) electrons. The van der Waals surface area contributed by atoms with Crippen molar-refractivity contribution in [3.63, 3.8) is 0 Å². The van der Waals surface area contributed by atoms with E-state index >= 15 is 0 Å². The summed E-state index contributed by atoms with van der Waals surface area (Å²) in [5.74, 6) is 0.228. The SMILES string of the molecule is O=C(O)c1ccnc(-c2ccnc(N3CC4CC(C3)c3cccc(=O)n3C4)n2)c1. The molecule has 5 heterocycles. The second-order valence-electron chi connectivity index (χ2n) is 7.58. The zero-order valence-corrected chi connectivity index (χ0v) is 15.6. The van der Waals surface area contributed by atoms with E-state index in [4.69, 9.17) is 0 Å². The van der Waals surface area contributed by atoms with Crippen LogP contribution in [0, 0.1) is 5.92 Å². The van der Waals surface area contributed by atoms with Crippen molar-refractivity contribution in [3.05, 3.63) is 70.4 Å². The van der Waals surface area contributed by atoms with E-state index in [0.29, 0.717) is 29.8 Å². The molecule has 1 saturated heterocycles. The minimum absolute atomic E-state index is 0.0632. The number of carboxylic acid groups (broad SMARTS) is 1. The Morgan fingerprint density at radius 1 is 1.03 bits per heavy atom. The Hall–Kier alpha value is -3.55.